The fourth-order valence-electron chi connectivity index (χ4n) is 11.2. The Labute approximate surface area is 790 Å². The van der Waals surface area contributed by atoms with Crippen LogP contribution in [-0.4, -0.2) is 236 Å². The third-order valence-corrected chi connectivity index (χ3v) is 19.4. The molecule has 134 heavy (non-hydrogen) atoms. The van der Waals surface area contributed by atoms with Crippen LogP contribution in [0.2, 0.25) is 0 Å². The predicted octanol–water partition coefficient (Wildman–Crippen LogP) is 12.9. The molecule has 1 atom stereocenters. The average Bonchev–Trinajstić information content (AvgIpc) is 0.824. The van der Waals surface area contributed by atoms with Gasteiger partial charge in [0.25, 0.3) is 23.5 Å². The van der Waals surface area contributed by atoms with Gasteiger partial charge in [-0.05, 0) is 134 Å². The molecule has 0 aliphatic carbocycles. The molecular weight excluding hydrogens is 1710 g/mol. The molecular formula is C96H144N26O12. The van der Waals surface area contributed by atoms with Crippen LogP contribution in [0, 0.1) is 6.57 Å². The summed E-state index contributed by atoms with van der Waals surface area (Å²) in [6.45, 7) is 56.3. The number of aromatic nitrogens is 20. The maximum Gasteiger partial charge on any atom is 0.273 e. The van der Waals surface area contributed by atoms with Crippen molar-refractivity contribution in [2.75, 3.05) is 76.5 Å². The Morgan fingerprint density at radius 2 is 0.821 bits per heavy atom. The number of ether oxygens (including phenoxy) is 1. The lowest BCUT2D eigenvalue weighted by Gasteiger charge is -2.36. The number of hydrogen-bond donors (Lipinski definition) is 10. The second-order valence-corrected chi connectivity index (χ2v) is 34.3. The number of aliphatic hydroxyl groups is 7. The highest BCUT2D eigenvalue weighted by molar-refractivity contribution is 5.93. The summed E-state index contributed by atoms with van der Waals surface area (Å²) in [5, 5.41) is 68.7. The van der Waals surface area contributed by atoms with Crippen molar-refractivity contribution in [2.24, 2.45) is 5.73 Å². The van der Waals surface area contributed by atoms with Gasteiger partial charge < -0.3 is 71.5 Å². The Hall–Kier alpha value is -12.4. The number of rotatable bonds is 24. The summed E-state index contributed by atoms with van der Waals surface area (Å²) in [6, 6.07) is 18.0. The number of anilines is 2. The van der Waals surface area contributed by atoms with Crippen molar-refractivity contribution in [3.05, 3.63) is 232 Å². The van der Waals surface area contributed by atoms with Gasteiger partial charge in [-0.1, -0.05) is 152 Å². The van der Waals surface area contributed by atoms with Gasteiger partial charge >= 0.3 is 0 Å². The molecule has 10 aromatic heterocycles. The van der Waals surface area contributed by atoms with E-state index < -0.39 is 17.6 Å². The van der Waals surface area contributed by atoms with Crippen molar-refractivity contribution in [2.45, 2.75) is 269 Å². The van der Waals surface area contributed by atoms with E-state index in [2.05, 4.69) is 175 Å². The second-order valence-electron chi connectivity index (χ2n) is 34.3. The Bertz CT molecular complexity index is 5110. The number of nitrogens with one attached hydrogen (secondary N) is 2. The first-order valence-electron chi connectivity index (χ1n) is 44.4. The van der Waals surface area contributed by atoms with Crippen molar-refractivity contribution < 1.29 is 59.7 Å². The van der Waals surface area contributed by atoms with E-state index in [1.54, 1.807) is 74.8 Å². The first-order valence-corrected chi connectivity index (χ1v) is 44.4. The predicted molar refractivity (Wildman–Crippen MR) is 515 cm³/mol. The van der Waals surface area contributed by atoms with E-state index in [1.807, 2.05) is 107 Å². The van der Waals surface area contributed by atoms with E-state index >= 15 is 0 Å². The van der Waals surface area contributed by atoms with Crippen LogP contribution in [0.25, 0.3) is 4.85 Å². The molecule has 38 nitrogen and oxygen atoms in total. The van der Waals surface area contributed by atoms with Gasteiger partial charge in [-0.15, -0.1) is 4.98 Å². The van der Waals surface area contributed by atoms with E-state index in [0.29, 0.717) is 146 Å². The van der Waals surface area contributed by atoms with E-state index in [4.69, 9.17) is 37.5 Å². The van der Waals surface area contributed by atoms with Gasteiger partial charge in [0, 0.05) is 134 Å². The molecule has 12 heterocycles. The van der Waals surface area contributed by atoms with Gasteiger partial charge in [-0.2, -0.15) is 0 Å². The Morgan fingerprint density at radius 1 is 0.463 bits per heavy atom. The fraction of sp³-hybridized carbons (Fsp3) is 0.531. The summed E-state index contributed by atoms with van der Waals surface area (Å²) in [5.74, 6) is 4.63. The molecule has 0 radical (unpaired) electrons. The average molecular weight is 1850 g/mol. The zero-order valence-electron chi connectivity index (χ0n) is 81.6. The van der Waals surface area contributed by atoms with Gasteiger partial charge in [0.1, 0.15) is 97.4 Å². The number of nitrogens with zero attached hydrogens (tertiary/aromatic N) is 23. The van der Waals surface area contributed by atoms with Crippen LogP contribution in [-0.2, 0) is 21.7 Å². The highest BCUT2D eigenvalue weighted by Gasteiger charge is 2.27. The molecule has 0 saturated carbocycles. The maximum absolute atomic E-state index is 12.2. The Kier molecular flexibility index (Phi) is 54.6. The Balaban J connectivity index is 0.000000505. The first kappa shape index (κ1) is 118. The third kappa shape index (κ3) is 44.0. The van der Waals surface area contributed by atoms with Crippen LogP contribution < -0.4 is 21.3 Å². The van der Waals surface area contributed by atoms with Gasteiger partial charge in [0.2, 0.25) is 12.2 Å². The molecule has 2 saturated heterocycles. The number of amides is 4. The molecule has 0 bridgehead atoms. The summed E-state index contributed by atoms with van der Waals surface area (Å²) in [6.07, 6.45) is 14.9. The molecule has 2 aliphatic rings. The second kappa shape index (κ2) is 62.2. The highest BCUT2D eigenvalue weighted by Crippen LogP contribution is 2.27. The van der Waals surface area contributed by atoms with E-state index in [1.165, 1.54) is 57.5 Å². The summed E-state index contributed by atoms with van der Waals surface area (Å²) in [4.78, 5) is 132. The number of aliphatic hydroxyl groups excluding tert-OH is 6. The van der Waals surface area contributed by atoms with Gasteiger partial charge in [-0.25, -0.2) is 94.7 Å². The summed E-state index contributed by atoms with van der Waals surface area (Å²) < 4.78 is 5.22. The van der Waals surface area contributed by atoms with Crippen molar-refractivity contribution >= 4 is 41.1 Å². The van der Waals surface area contributed by atoms with E-state index in [-0.39, 0.29) is 75.2 Å². The standard InChI is InChI=1S/C12H17N3O2.C12H20N2O2.C10H15N3O.C10H16N2O.2C9H13N3O.C9H14N2O2.C8H11N3O.C8H9N3.C8H12N2O.CH4/c1-9(2)10-7-11(14-8-13-10)12(16)15-3-5-17-6-4-15;1-9(2)11-7-12(14-8-13-11)10(3-5-15)4-6-16;1-7(2)9-3-10(12-6-11-9)13-4-8(14)5-13;1-7(2)8-5-9(10(3,4)13)12-6-11-8;1-6(2)7-4-8(9(13)10-3)12-5-11-7;1-6(2)8-4-9(11-5-10-8)12-7(3)13;1-6(2)7-3-8(9(13)4-12)11-5-10-7;1-5(2)6-3-7(8(9)12)11-4-10-6;1-6(2)7-4-8(9-3)11-5-10-7;1-6(2)8-3-7(4-11)9-5-10-8;/h7-9H,3-6H2,1-2H3;7-10,15-16H,3-6H2,1-2H3;3,6-8,14H,4-5H2,1-2H3;5-7,13H,1-4H3;4-6H,1-3H3,(H,10,13);4-6H,1-3H3,(H,10,11,12,13);3,5-6,9,12-13H,4H2,1-2H3;3-5H,1-2H3,(H2,9,12);4-6H,1-2H3;3,5-6,11H,4H2,1-2H3;1H4. The molecule has 11 N–H and O–H groups in total. The number of carbonyl (C=O) groups excluding carboxylic acids is 4. The molecule has 12 rings (SSSR count). The van der Waals surface area contributed by atoms with Crippen LogP contribution in [0.5, 0.6) is 0 Å². The maximum atomic E-state index is 12.2. The normalized spacial score (nSPS) is 12.2. The quantitative estimate of drug-likeness (QED) is 0.0251. The molecule has 0 spiro atoms. The lowest BCUT2D eigenvalue weighted by atomic mass is 9.96. The van der Waals surface area contributed by atoms with E-state index in [0.717, 1.165) is 68.5 Å². The molecule has 4 amide bonds. The minimum atomic E-state index is -0.902. The van der Waals surface area contributed by atoms with Gasteiger partial charge in [0.15, 0.2) is 0 Å². The van der Waals surface area contributed by atoms with Crippen LogP contribution in [0.1, 0.15) is 362 Å². The lowest BCUT2D eigenvalue weighted by Crippen LogP contribution is -2.51. The SMILES string of the molecule is C.CC(=O)Nc1cc(C(C)C)ncn1.CC(C)c1cc(C(=O)N2CCOCC2)ncn1.CC(C)c1cc(C(C)(C)O)ncn1.CC(C)c1cc(C(CCO)CCO)ncn1.CC(C)c1cc(C(N)=O)ncn1.CC(C)c1cc(C(O)CO)ncn1.CC(C)c1cc(CO)ncn1.CC(C)c1cc(N2CC(O)C2)ncn1.CNC(=O)c1cc(C(C)C)ncn1.[C-]#[N+]c1cc(C(C)C)ncn1. The minimum absolute atomic E-state index is 0. The monoisotopic (exact) mass is 1850 g/mol. The van der Waals surface area contributed by atoms with Crippen molar-refractivity contribution in [1.82, 2.24) is 110 Å². The smallest absolute Gasteiger partial charge is 0.273 e. The number of carbonyl (C=O) groups is 4. The minimum Gasteiger partial charge on any atom is -0.396 e. The molecule has 730 valence electrons. The van der Waals surface area contributed by atoms with Crippen LogP contribution >= 0.6 is 0 Å². The number of nitrogens with two attached hydrogens (primary N) is 1. The summed E-state index contributed by atoms with van der Waals surface area (Å²) in [5.41, 5.74) is 17.4. The van der Waals surface area contributed by atoms with Gasteiger partial charge in [0.05, 0.1) is 49.6 Å². The molecule has 2 fully saturated rings. The summed E-state index contributed by atoms with van der Waals surface area (Å²) >= 11 is 0. The van der Waals surface area contributed by atoms with Gasteiger partial charge in [-0.3, -0.25) is 19.2 Å². The fourth-order valence-corrected chi connectivity index (χ4v) is 11.2. The number of hydrogen-bond acceptors (Lipinski definition) is 33. The Morgan fingerprint density at radius 3 is 1.25 bits per heavy atom. The molecule has 2 aliphatic heterocycles. The number of morpholine rings is 1. The van der Waals surface area contributed by atoms with Crippen molar-refractivity contribution in [1.29, 1.82) is 0 Å². The first-order chi connectivity index (χ1) is 62.9. The van der Waals surface area contributed by atoms with Crippen molar-refractivity contribution in [3.63, 3.8) is 0 Å². The molecule has 38 heteroatoms. The van der Waals surface area contributed by atoms with Crippen LogP contribution in [0.15, 0.2) is 124 Å². The number of primary amides is 1. The van der Waals surface area contributed by atoms with Crippen LogP contribution in [0.4, 0.5) is 17.5 Å². The third-order valence-electron chi connectivity index (χ3n) is 19.4. The van der Waals surface area contributed by atoms with E-state index in [9.17, 15) is 34.5 Å². The highest BCUT2D eigenvalue weighted by atomic mass is 16.5. The lowest BCUT2D eigenvalue weighted by molar-refractivity contribution is -0.114. The number of β-amino-alcohol motifs (C(OH)–C–C–N with tert-alkyl or cyclic N) is 1. The largest absolute Gasteiger partial charge is 0.396 e. The zero-order chi connectivity index (χ0) is 99.6. The zero-order valence-corrected chi connectivity index (χ0v) is 81.6. The molecule has 1 unspecified atom stereocenters. The summed E-state index contributed by atoms with van der Waals surface area (Å²) in [7, 11) is 1.58. The van der Waals surface area contributed by atoms with Crippen LogP contribution in [0.3, 0.4) is 0 Å². The topological polar surface area (TPSA) is 538 Å². The molecule has 0 aromatic carbocycles. The molecule has 10 aromatic rings. The van der Waals surface area contributed by atoms with Crippen molar-refractivity contribution in [3.8, 4) is 0 Å².